The van der Waals surface area contributed by atoms with E-state index in [-0.39, 0.29) is 16.5 Å². The van der Waals surface area contributed by atoms with E-state index in [9.17, 15) is 9.59 Å². The van der Waals surface area contributed by atoms with Gasteiger partial charge >= 0.3 is 7.12 Å². The molecule has 7 heterocycles. The van der Waals surface area contributed by atoms with Gasteiger partial charge in [0.1, 0.15) is 15.9 Å². The Bertz CT molecular complexity index is 3210. The first kappa shape index (κ1) is 50.2. The van der Waals surface area contributed by atoms with Gasteiger partial charge in [-0.25, -0.2) is 24.9 Å². The number of hydrogen-bond acceptors (Lipinski definition) is 16. The first-order valence-electron chi connectivity index (χ1n) is 23.8. The van der Waals surface area contributed by atoms with Crippen LogP contribution >= 0.6 is 34.3 Å². The van der Waals surface area contributed by atoms with Gasteiger partial charge in [0.15, 0.2) is 22.3 Å². The maximum Gasteiger partial charge on any atom is 0.494 e. The highest BCUT2D eigenvalue weighted by Gasteiger charge is 2.51. The molecular formula is C52H56BClN12O4S2. The first-order chi connectivity index (χ1) is 34.5. The quantitative estimate of drug-likeness (QED) is 0.0742. The highest BCUT2D eigenvalue weighted by molar-refractivity contribution is 7.16. The standard InChI is InChI=1S/C23H22N6OS.C16H16ClN5S.C13H18BNO3/c1-14-4-3-11-29(14)18-6-2-5-17(12-18)26-22-19-23(31-13-25-19)28-21(27-22)16-9-7-15(8-10-16)20(24)30;1-10-4-3-7-22(10)12-6-2-5-11(8-12)19-14-13-15(23-9-18-13)21-16(17)20-14;1-12(2)13(3,4)18-14(17-12)10-7-5-9(6-8-10)11(15)16/h2,5-10,12-14H,3-4,11H2,1H3,(H2,24,30)(H,26,27,28);2,5-6,8-10H,3-4,7H2,1H3,(H,19,20,21);5-8H,1-4H3,(H2,15,16)/t14-;10-;/m00./s1. The summed E-state index contributed by atoms with van der Waals surface area (Å²) in [6.45, 7) is 14.8. The summed E-state index contributed by atoms with van der Waals surface area (Å²) in [5.41, 5.74) is 21.8. The third kappa shape index (κ3) is 11.1. The Morgan fingerprint density at radius 2 is 1.14 bits per heavy atom. The molecule has 3 saturated heterocycles. The van der Waals surface area contributed by atoms with Crippen LogP contribution in [0.2, 0.25) is 5.28 Å². The molecule has 72 heavy (non-hydrogen) atoms. The Kier molecular flexibility index (Phi) is 14.7. The maximum atomic E-state index is 11.4. The second-order valence-corrected chi connectivity index (χ2v) is 21.0. The number of amides is 2. The van der Waals surface area contributed by atoms with Crippen molar-refractivity contribution in [1.29, 1.82) is 0 Å². The average Bonchev–Trinajstić information content (AvgIpc) is 4.22. The number of hydrogen-bond donors (Lipinski definition) is 4. The number of nitrogens with zero attached hydrogens (tertiary/aromatic N) is 8. The number of anilines is 6. The molecular weight excluding hydrogens is 967 g/mol. The van der Waals surface area contributed by atoms with Crippen molar-refractivity contribution in [3.05, 3.63) is 124 Å². The molecule has 20 heteroatoms. The summed E-state index contributed by atoms with van der Waals surface area (Å²) in [6.07, 6.45) is 4.95. The molecule has 0 spiro atoms. The highest BCUT2D eigenvalue weighted by Crippen LogP contribution is 2.37. The molecule has 3 aliphatic heterocycles. The predicted molar refractivity (Wildman–Crippen MR) is 292 cm³/mol. The minimum absolute atomic E-state index is 0.230. The van der Waals surface area contributed by atoms with Gasteiger partial charge in [0, 0.05) is 64.6 Å². The molecule has 4 aromatic carbocycles. The number of halogens is 1. The van der Waals surface area contributed by atoms with Crippen molar-refractivity contribution in [2.75, 3.05) is 33.5 Å². The molecule has 8 aromatic rings. The van der Waals surface area contributed by atoms with E-state index in [4.69, 9.17) is 37.4 Å². The summed E-state index contributed by atoms with van der Waals surface area (Å²) in [5.74, 6) is 0.981. The second kappa shape index (κ2) is 21.1. The van der Waals surface area contributed by atoms with Gasteiger partial charge in [-0.1, -0.05) is 36.4 Å². The Morgan fingerprint density at radius 1 is 0.667 bits per heavy atom. The largest absolute Gasteiger partial charge is 0.494 e. The van der Waals surface area contributed by atoms with Gasteiger partial charge in [-0.2, -0.15) is 4.98 Å². The fraction of sp³-hybridized carbons (Fsp3) is 0.308. The summed E-state index contributed by atoms with van der Waals surface area (Å²) in [5, 5.41) is 7.01. The molecule has 11 rings (SSSR count). The minimum atomic E-state index is -0.458. The second-order valence-electron chi connectivity index (χ2n) is 19.0. The Hall–Kier alpha value is -6.77. The van der Waals surface area contributed by atoms with E-state index < -0.39 is 18.9 Å². The summed E-state index contributed by atoms with van der Waals surface area (Å²) < 4.78 is 11.8. The zero-order valence-corrected chi connectivity index (χ0v) is 43.3. The monoisotopic (exact) mass is 1020 g/mol. The van der Waals surface area contributed by atoms with Crippen LogP contribution < -0.4 is 37.4 Å². The molecule has 0 radical (unpaired) electrons. The van der Waals surface area contributed by atoms with Crippen molar-refractivity contribution < 1.29 is 18.9 Å². The van der Waals surface area contributed by atoms with E-state index >= 15 is 0 Å². The van der Waals surface area contributed by atoms with Gasteiger partial charge < -0.3 is 41.2 Å². The summed E-state index contributed by atoms with van der Waals surface area (Å²) in [6, 6.07) is 31.9. The van der Waals surface area contributed by atoms with Crippen LogP contribution in [0.5, 0.6) is 0 Å². The third-order valence-electron chi connectivity index (χ3n) is 13.5. The van der Waals surface area contributed by atoms with Crippen molar-refractivity contribution in [3.8, 4) is 11.4 Å². The topological polar surface area (TPSA) is 213 Å². The number of carbonyl (C=O) groups is 2. The van der Waals surface area contributed by atoms with E-state index in [1.807, 2.05) is 64.1 Å². The number of benzene rings is 4. The van der Waals surface area contributed by atoms with E-state index in [2.05, 4.69) is 95.6 Å². The Morgan fingerprint density at radius 3 is 1.61 bits per heavy atom. The molecule has 4 aromatic heterocycles. The lowest BCUT2D eigenvalue weighted by atomic mass is 9.79. The number of thiazole rings is 2. The molecule has 0 saturated carbocycles. The molecule has 0 aliphatic carbocycles. The van der Waals surface area contributed by atoms with E-state index in [1.54, 1.807) is 35.3 Å². The van der Waals surface area contributed by atoms with Gasteiger partial charge in [0.2, 0.25) is 17.1 Å². The number of nitrogens with one attached hydrogen (secondary N) is 2. The molecule has 3 fully saturated rings. The number of fused-ring (bicyclic) bond motifs is 2. The van der Waals surface area contributed by atoms with Crippen LogP contribution in [0, 0.1) is 0 Å². The van der Waals surface area contributed by atoms with Crippen molar-refractivity contribution in [2.45, 2.75) is 90.5 Å². The Balaban J connectivity index is 0.000000139. The lowest BCUT2D eigenvalue weighted by Gasteiger charge is -2.32. The molecule has 6 N–H and O–H groups in total. The van der Waals surface area contributed by atoms with Crippen LogP contribution in [0.1, 0.15) is 87.9 Å². The third-order valence-corrected chi connectivity index (χ3v) is 15.1. The predicted octanol–water partition coefficient (Wildman–Crippen LogP) is 10.1. The highest BCUT2D eigenvalue weighted by atomic mass is 35.5. The van der Waals surface area contributed by atoms with Crippen LogP contribution in [-0.4, -0.2) is 85.2 Å². The average molecular weight is 1020 g/mol. The van der Waals surface area contributed by atoms with Crippen LogP contribution in [0.3, 0.4) is 0 Å². The van der Waals surface area contributed by atoms with E-state index in [1.165, 1.54) is 59.7 Å². The van der Waals surface area contributed by atoms with E-state index in [0.717, 1.165) is 56.2 Å². The van der Waals surface area contributed by atoms with Crippen molar-refractivity contribution >= 4 is 114 Å². The van der Waals surface area contributed by atoms with Gasteiger partial charge in [-0.3, -0.25) is 9.59 Å². The SMILES string of the molecule is CC1(C)OB(c2ccc(C(N)=O)cc2)OC1(C)C.C[C@H]1CCCN1c1cccc(Nc2nc(-c3ccc(C(N)=O)cc3)nc3scnc23)c1.C[C@H]1CCCN1c1cccc(Nc2nc(Cl)nc3scnc23)c1. The number of nitrogens with two attached hydrogens (primary N) is 2. The maximum absolute atomic E-state index is 11.4. The number of carbonyl (C=O) groups excluding carboxylic acids is 2. The normalized spacial score (nSPS) is 17.8. The van der Waals surface area contributed by atoms with Crippen LogP contribution in [0.15, 0.2) is 108 Å². The lowest BCUT2D eigenvalue weighted by molar-refractivity contribution is 0.00578. The Labute approximate surface area is 431 Å². The smallest absolute Gasteiger partial charge is 0.399 e. The number of aromatic nitrogens is 6. The molecule has 16 nitrogen and oxygen atoms in total. The molecule has 0 bridgehead atoms. The summed E-state index contributed by atoms with van der Waals surface area (Å²) in [4.78, 5) is 55.5. The van der Waals surface area contributed by atoms with Gasteiger partial charge in [-0.05, 0) is 145 Å². The summed E-state index contributed by atoms with van der Waals surface area (Å²) >= 11 is 8.93. The molecule has 2 amide bonds. The lowest BCUT2D eigenvalue weighted by Crippen LogP contribution is -2.41. The van der Waals surface area contributed by atoms with Gasteiger partial charge in [0.05, 0.1) is 22.2 Å². The molecule has 2 atom stereocenters. The number of rotatable bonds is 10. The van der Waals surface area contributed by atoms with Gasteiger partial charge in [0.25, 0.3) is 0 Å². The minimum Gasteiger partial charge on any atom is -0.399 e. The number of primary amides is 2. The van der Waals surface area contributed by atoms with Crippen LogP contribution in [0.4, 0.5) is 34.4 Å². The first-order valence-corrected chi connectivity index (χ1v) is 26.0. The zero-order chi connectivity index (χ0) is 50.7. The van der Waals surface area contributed by atoms with Crippen LogP contribution in [0.25, 0.3) is 32.1 Å². The zero-order valence-electron chi connectivity index (χ0n) is 40.9. The molecule has 370 valence electrons. The van der Waals surface area contributed by atoms with Crippen molar-refractivity contribution in [1.82, 2.24) is 29.9 Å². The molecule has 0 unspecified atom stereocenters. The van der Waals surface area contributed by atoms with Crippen molar-refractivity contribution in [3.63, 3.8) is 0 Å². The molecule has 3 aliphatic rings. The van der Waals surface area contributed by atoms with Crippen molar-refractivity contribution in [2.24, 2.45) is 11.5 Å². The fourth-order valence-corrected chi connectivity index (χ4v) is 10.3. The van der Waals surface area contributed by atoms with E-state index in [0.29, 0.717) is 40.7 Å². The van der Waals surface area contributed by atoms with Crippen LogP contribution in [-0.2, 0) is 9.31 Å². The summed E-state index contributed by atoms with van der Waals surface area (Å²) in [7, 11) is -0.406. The fourth-order valence-electron chi connectivity index (χ4n) is 8.80. The van der Waals surface area contributed by atoms with Gasteiger partial charge in [-0.15, -0.1) is 22.7 Å².